The first-order valence-corrected chi connectivity index (χ1v) is 8.90. The molecule has 1 atom stereocenters. The van der Waals surface area contributed by atoms with E-state index in [4.69, 9.17) is 0 Å². The van der Waals surface area contributed by atoms with Gasteiger partial charge in [-0.25, -0.2) is 17.6 Å². The fourth-order valence-electron chi connectivity index (χ4n) is 2.56. The topological polar surface area (TPSA) is 58.6 Å². The van der Waals surface area contributed by atoms with E-state index >= 15 is 0 Å². The SMILES string of the molecule is O=S(CC1CCCCC1)c1c(F)c(F)c(SOO[O-])c(F)c1F. The van der Waals surface area contributed by atoms with Gasteiger partial charge in [0.15, 0.2) is 23.3 Å². The van der Waals surface area contributed by atoms with Gasteiger partial charge in [0.05, 0.1) is 22.8 Å². The Kier molecular flexibility index (Phi) is 6.84. The highest BCUT2D eigenvalue weighted by atomic mass is 32.2. The maximum Gasteiger partial charge on any atom is 0.179 e. The molecule has 130 valence electrons. The summed E-state index contributed by atoms with van der Waals surface area (Å²) in [6.07, 6.45) is 4.43. The molecule has 0 saturated heterocycles. The summed E-state index contributed by atoms with van der Waals surface area (Å²) < 4.78 is 71.4. The van der Waals surface area contributed by atoms with Crippen LogP contribution in [0.1, 0.15) is 32.1 Å². The normalized spacial score (nSPS) is 17.4. The average Bonchev–Trinajstić information content (AvgIpc) is 2.54. The Hall–Kier alpha value is -0.680. The zero-order valence-corrected chi connectivity index (χ0v) is 13.4. The number of benzene rings is 1. The third-order valence-corrected chi connectivity index (χ3v) is 5.90. The molecule has 0 amide bonds. The second kappa shape index (κ2) is 8.43. The maximum absolute atomic E-state index is 14.0. The van der Waals surface area contributed by atoms with Crippen molar-refractivity contribution in [1.82, 2.24) is 0 Å². The van der Waals surface area contributed by atoms with Crippen LogP contribution in [0.15, 0.2) is 9.79 Å². The molecule has 0 radical (unpaired) electrons. The zero-order valence-electron chi connectivity index (χ0n) is 11.8. The van der Waals surface area contributed by atoms with E-state index in [0.29, 0.717) is 0 Å². The van der Waals surface area contributed by atoms with Crippen LogP contribution in [0.4, 0.5) is 17.6 Å². The quantitative estimate of drug-likeness (QED) is 0.252. The molecule has 0 bridgehead atoms. The summed E-state index contributed by atoms with van der Waals surface area (Å²) in [4.78, 5) is -2.34. The van der Waals surface area contributed by atoms with E-state index in [1.165, 1.54) is 0 Å². The molecule has 0 spiro atoms. The Morgan fingerprint density at radius 2 is 1.61 bits per heavy atom. The van der Waals surface area contributed by atoms with Gasteiger partial charge in [0.25, 0.3) is 0 Å². The van der Waals surface area contributed by atoms with E-state index in [2.05, 4.69) is 9.37 Å². The standard InChI is InChI=1S/C13H14F4O4S2/c14-8-10(16)13(11(17)9(15)12(8)22-21-20-18)23(19)6-7-4-2-1-3-5-7/h7,18H,1-6H2/p-1. The molecule has 1 aromatic rings. The summed E-state index contributed by atoms with van der Waals surface area (Å²) in [7, 11) is -2.21. The molecule has 0 aliphatic heterocycles. The van der Waals surface area contributed by atoms with Crippen LogP contribution in [0.5, 0.6) is 0 Å². The van der Waals surface area contributed by atoms with Gasteiger partial charge < -0.3 is 5.26 Å². The van der Waals surface area contributed by atoms with Crippen LogP contribution < -0.4 is 5.26 Å². The molecule has 1 fully saturated rings. The second-order valence-electron chi connectivity index (χ2n) is 5.15. The molecular weight excluding hydrogens is 360 g/mol. The molecule has 1 unspecified atom stereocenters. The average molecular weight is 373 g/mol. The lowest BCUT2D eigenvalue weighted by atomic mass is 9.91. The number of hydrogen-bond donors (Lipinski definition) is 0. The van der Waals surface area contributed by atoms with E-state index in [1.54, 1.807) is 0 Å². The summed E-state index contributed by atoms with van der Waals surface area (Å²) in [5.41, 5.74) is 0. The Labute approximate surface area is 136 Å². The minimum Gasteiger partial charge on any atom is -0.691 e. The van der Waals surface area contributed by atoms with Crippen LogP contribution in [-0.4, -0.2) is 9.96 Å². The fourth-order valence-corrected chi connectivity index (χ4v) is 4.49. The predicted molar refractivity (Wildman–Crippen MR) is 72.2 cm³/mol. The van der Waals surface area contributed by atoms with Crippen LogP contribution >= 0.6 is 12.0 Å². The zero-order chi connectivity index (χ0) is 17.0. The molecular formula is C13H13F4O4S2-. The molecule has 0 aromatic heterocycles. The van der Waals surface area contributed by atoms with Gasteiger partial charge in [0.1, 0.15) is 9.79 Å². The summed E-state index contributed by atoms with van der Waals surface area (Å²) in [6, 6.07) is 0. The summed E-state index contributed by atoms with van der Waals surface area (Å²) in [5, 5.41) is 12.6. The van der Waals surface area contributed by atoms with Crippen molar-refractivity contribution in [1.29, 1.82) is 0 Å². The molecule has 1 aromatic carbocycles. The monoisotopic (exact) mass is 373 g/mol. The largest absolute Gasteiger partial charge is 0.691 e. The van der Waals surface area contributed by atoms with Crippen LogP contribution in [0.25, 0.3) is 0 Å². The molecule has 23 heavy (non-hydrogen) atoms. The molecule has 0 heterocycles. The number of rotatable bonds is 6. The van der Waals surface area contributed by atoms with Crippen molar-refractivity contribution in [3.63, 3.8) is 0 Å². The fraction of sp³-hybridized carbons (Fsp3) is 0.538. The summed E-state index contributed by atoms with van der Waals surface area (Å²) in [5.74, 6) is -7.12. The van der Waals surface area contributed by atoms with Gasteiger partial charge in [-0.05, 0) is 18.8 Å². The van der Waals surface area contributed by atoms with E-state index < -0.39 is 43.9 Å². The van der Waals surface area contributed by atoms with Crippen LogP contribution in [0.2, 0.25) is 0 Å². The van der Waals surface area contributed by atoms with E-state index in [9.17, 15) is 27.0 Å². The Morgan fingerprint density at radius 1 is 1.04 bits per heavy atom. The van der Waals surface area contributed by atoms with Crippen LogP contribution in [0, 0.1) is 29.2 Å². The Balaban J connectivity index is 2.29. The Morgan fingerprint density at radius 3 is 2.13 bits per heavy atom. The van der Waals surface area contributed by atoms with E-state index in [-0.39, 0.29) is 23.7 Å². The number of halogens is 4. The van der Waals surface area contributed by atoms with Gasteiger partial charge >= 0.3 is 0 Å². The third-order valence-electron chi connectivity index (χ3n) is 3.67. The van der Waals surface area contributed by atoms with Crippen molar-refractivity contribution in [2.24, 2.45) is 5.92 Å². The van der Waals surface area contributed by atoms with Gasteiger partial charge in [-0.3, -0.25) is 9.25 Å². The lowest BCUT2D eigenvalue weighted by molar-refractivity contribution is -0.777. The highest BCUT2D eigenvalue weighted by molar-refractivity contribution is 7.94. The van der Waals surface area contributed by atoms with E-state index in [0.717, 1.165) is 32.1 Å². The first-order valence-electron chi connectivity index (χ1n) is 6.84. The van der Waals surface area contributed by atoms with Crippen LogP contribution in [-0.2, 0) is 20.2 Å². The van der Waals surface area contributed by atoms with Crippen molar-refractivity contribution in [3.05, 3.63) is 23.3 Å². The molecule has 10 heteroatoms. The van der Waals surface area contributed by atoms with E-state index in [1.807, 2.05) is 0 Å². The highest BCUT2D eigenvalue weighted by Gasteiger charge is 2.30. The predicted octanol–water partition coefficient (Wildman–Crippen LogP) is 3.16. The van der Waals surface area contributed by atoms with Gasteiger partial charge in [0, 0.05) is 5.75 Å². The van der Waals surface area contributed by atoms with Gasteiger partial charge in [-0.1, -0.05) is 19.3 Å². The summed E-state index contributed by atoms with van der Waals surface area (Å²) in [6.45, 7) is 0. The molecule has 0 N–H and O–H groups in total. The highest BCUT2D eigenvalue weighted by Crippen LogP contribution is 2.34. The minimum absolute atomic E-state index is 0.000698. The van der Waals surface area contributed by atoms with Gasteiger partial charge in [0.2, 0.25) is 0 Å². The van der Waals surface area contributed by atoms with Gasteiger partial charge in [-0.15, -0.1) is 0 Å². The lowest BCUT2D eigenvalue weighted by Crippen LogP contribution is -2.17. The van der Waals surface area contributed by atoms with Crippen molar-refractivity contribution >= 4 is 22.8 Å². The first-order chi connectivity index (χ1) is 11.0. The third kappa shape index (κ3) is 4.24. The molecule has 1 aliphatic rings. The first kappa shape index (κ1) is 18.7. The minimum atomic E-state index is -2.21. The molecule has 2 rings (SSSR count). The van der Waals surface area contributed by atoms with Gasteiger partial charge in [-0.2, -0.15) is 4.33 Å². The van der Waals surface area contributed by atoms with Crippen molar-refractivity contribution in [3.8, 4) is 0 Å². The molecule has 1 aliphatic carbocycles. The maximum atomic E-state index is 14.0. The van der Waals surface area contributed by atoms with Crippen molar-refractivity contribution in [2.75, 3.05) is 5.75 Å². The molecule has 4 nitrogen and oxygen atoms in total. The summed E-state index contributed by atoms with van der Waals surface area (Å²) >= 11 is -0.306. The van der Waals surface area contributed by atoms with Crippen molar-refractivity contribution in [2.45, 2.75) is 41.9 Å². The second-order valence-corrected chi connectivity index (χ2v) is 7.29. The lowest BCUT2D eigenvalue weighted by Gasteiger charge is -2.21. The Bertz CT molecular complexity index is 565. The smallest absolute Gasteiger partial charge is 0.179 e. The van der Waals surface area contributed by atoms with Crippen molar-refractivity contribution < 1.29 is 36.4 Å². The number of hydrogen-bond acceptors (Lipinski definition) is 5. The van der Waals surface area contributed by atoms with Crippen LogP contribution in [0.3, 0.4) is 0 Å². The molecule has 1 saturated carbocycles.